The van der Waals surface area contributed by atoms with Crippen LogP contribution in [0.1, 0.15) is 0 Å². The number of thiophene rings is 2. The van der Waals surface area contributed by atoms with E-state index in [1.807, 2.05) is 0 Å². The summed E-state index contributed by atoms with van der Waals surface area (Å²) in [7, 11) is 0. The summed E-state index contributed by atoms with van der Waals surface area (Å²) in [5, 5.41) is 22.9. The maximum atomic E-state index is 10.7. The fraction of sp³-hybridized carbons (Fsp3) is 0. The molecule has 82 valence electrons. The Hall–Kier alpha value is -1.80. The third-order valence-corrected chi connectivity index (χ3v) is 3.95. The van der Waals surface area contributed by atoms with Crippen LogP contribution in [-0.2, 0) is 0 Å². The fourth-order valence-electron chi connectivity index (χ4n) is 1.18. The van der Waals surface area contributed by atoms with Gasteiger partial charge >= 0.3 is 5.00 Å². The summed E-state index contributed by atoms with van der Waals surface area (Å²) in [6.07, 6.45) is 0. The quantitative estimate of drug-likeness (QED) is 0.622. The molecule has 0 radical (unpaired) electrons. The highest BCUT2D eigenvalue weighted by Gasteiger charge is 2.26. The third kappa shape index (κ3) is 1.79. The van der Waals surface area contributed by atoms with Crippen LogP contribution in [0.5, 0.6) is 0 Å². The van der Waals surface area contributed by atoms with Crippen molar-refractivity contribution in [2.24, 2.45) is 0 Å². The minimum Gasteiger partial charge on any atom is -0.258 e. The van der Waals surface area contributed by atoms with Crippen LogP contribution in [0.15, 0.2) is 23.6 Å². The summed E-state index contributed by atoms with van der Waals surface area (Å²) >= 11 is 2.14. The van der Waals surface area contributed by atoms with Gasteiger partial charge in [0.15, 0.2) is 0 Å². The van der Waals surface area contributed by atoms with Gasteiger partial charge in [0.1, 0.15) is 10.9 Å². The van der Waals surface area contributed by atoms with E-state index < -0.39 is 9.85 Å². The van der Waals surface area contributed by atoms with Crippen molar-refractivity contribution in [2.75, 3.05) is 0 Å². The molecular formula is C8H4N2O4S2. The van der Waals surface area contributed by atoms with Crippen molar-refractivity contribution in [3.05, 3.63) is 43.8 Å². The van der Waals surface area contributed by atoms with Crippen molar-refractivity contribution in [3.63, 3.8) is 0 Å². The molecule has 0 N–H and O–H groups in total. The van der Waals surface area contributed by atoms with Crippen molar-refractivity contribution >= 4 is 33.4 Å². The molecule has 0 aliphatic rings. The molecule has 2 aromatic rings. The first-order chi connectivity index (χ1) is 7.59. The molecule has 0 fully saturated rings. The first-order valence-electron chi connectivity index (χ1n) is 4.06. The van der Waals surface area contributed by atoms with E-state index in [1.54, 1.807) is 17.5 Å². The van der Waals surface area contributed by atoms with Crippen molar-refractivity contribution in [2.45, 2.75) is 0 Å². The second-order valence-electron chi connectivity index (χ2n) is 2.79. The summed E-state index contributed by atoms with van der Waals surface area (Å²) in [6, 6.07) is 4.45. The lowest BCUT2D eigenvalue weighted by Crippen LogP contribution is -1.86. The largest absolute Gasteiger partial charge is 0.331 e. The van der Waals surface area contributed by atoms with Crippen LogP contribution in [0.25, 0.3) is 9.75 Å². The zero-order chi connectivity index (χ0) is 11.7. The zero-order valence-corrected chi connectivity index (χ0v) is 9.29. The molecule has 0 atom stereocenters. The number of hydrogen-bond acceptors (Lipinski definition) is 6. The molecule has 6 nitrogen and oxygen atoms in total. The van der Waals surface area contributed by atoms with Crippen molar-refractivity contribution < 1.29 is 9.85 Å². The molecule has 2 heterocycles. The Morgan fingerprint density at radius 2 is 1.94 bits per heavy atom. The Labute approximate surface area is 97.1 Å². The molecule has 0 spiro atoms. The van der Waals surface area contributed by atoms with E-state index in [0.29, 0.717) is 9.75 Å². The molecule has 0 bridgehead atoms. The Morgan fingerprint density at radius 3 is 2.44 bits per heavy atom. The Balaban J connectivity index is 2.59. The van der Waals surface area contributed by atoms with Gasteiger partial charge in [-0.3, -0.25) is 20.2 Å². The van der Waals surface area contributed by atoms with Gasteiger partial charge in [0, 0.05) is 0 Å². The molecular weight excluding hydrogens is 252 g/mol. The van der Waals surface area contributed by atoms with E-state index in [1.165, 1.54) is 11.3 Å². The van der Waals surface area contributed by atoms with E-state index in [0.717, 1.165) is 17.4 Å². The summed E-state index contributed by atoms with van der Waals surface area (Å²) in [5.41, 5.74) is -0.209. The molecule has 8 heteroatoms. The number of hydrogen-bond donors (Lipinski definition) is 0. The second kappa shape index (κ2) is 3.99. The summed E-state index contributed by atoms with van der Waals surface area (Å²) in [6.45, 7) is 0. The highest BCUT2D eigenvalue weighted by Crippen LogP contribution is 2.43. The number of nitrogens with zero attached hydrogens (tertiary/aromatic N) is 2. The van der Waals surface area contributed by atoms with Crippen LogP contribution in [0, 0.1) is 20.2 Å². The summed E-state index contributed by atoms with van der Waals surface area (Å²) in [4.78, 5) is 21.1. The van der Waals surface area contributed by atoms with Crippen LogP contribution in [-0.4, -0.2) is 9.85 Å². The highest BCUT2D eigenvalue weighted by atomic mass is 32.1. The van der Waals surface area contributed by atoms with Crippen LogP contribution < -0.4 is 0 Å². The standard InChI is InChI=1S/C8H4N2O4S2/c11-9(12)5-4-7(10(13)14)16-8(5)6-2-1-3-15-6/h1-4H. The van der Waals surface area contributed by atoms with Gasteiger partial charge in [0.05, 0.1) is 14.7 Å². The van der Waals surface area contributed by atoms with Crippen LogP contribution >= 0.6 is 22.7 Å². The number of nitro groups is 2. The van der Waals surface area contributed by atoms with Gasteiger partial charge in [-0.25, -0.2) is 0 Å². The molecule has 0 unspecified atom stereocenters. The van der Waals surface area contributed by atoms with E-state index in [2.05, 4.69) is 0 Å². The predicted molar refractivity (Wildman–Crippen MR) is 60.9 cm³/mol. The first kappa shape index (κ1) is 10.7. The van der Waals surface area contributed by atoms with Gasteiger partial charge in [-0.1, -0.05) is 17.4 Å². The third-order valence-electron chi connectivity index (χ3n) is 1.82. The highest BCUT2D eigenvalue weighted by molar-refractivity contribution is 7.23. The van der Waals surface area contributed by atoms with Gasteiger partial charge in [0.2, 0.25) is 0 Å². The van der Waals surface area contributed by atoms with E-state index in [4.69, 9.17) is 0 Å². The SMILES string of the molecule is O=[N+]([O-])c1cc([N+](=O)[O-])c(-c2cccs2)s1. The number of rotatable bonds is 3. The van der Waals surface area contributed by atoms with Gasteiger partial charge < -0.3 is 0 Å². The van der Waals surface area contributed by atoms with Crippen LogP contribution in [0.3, 0.4) is 0 Å². The molecule has 0 saturated carbocycles. The van der Waals surface area contributed by atoms with Crippen molar-refractivity contribution in [1.29, 1.82) is 0 Å². The minimum atomic E-state index is -0.616. The zero-order valence-electron chi connectivity index (χ0n) is 7.65. The lowest BCUT2D eigenvalue weighted by Gasteiger charge is -1.90. The maximum absolute atomic E-state index is 10.7. The lowest BCUT2D eigenvalue weighted by molar-refractivity contribution is -0.389. The topological polar surface area (TPSA) is 86.3 Å². The summed E-state index contributed by atoms with van der Waals surface area (Å²) < 4.78 is 0. The lowest BCUT2D eigenvalue weighted by atomic mass is 10.3. The Kier molecular flexibility index (Phi) is 2.67. The monoisotopic (exact) mass is 256 g/mol. The minimum absolute atomic E-state index is 0.209. The smallest absolute Gasteiger partial charge is 0.258 e. The van der Waals surface area contributed by atoms with Crippen LogP contribution in [0.4, 0.5) is 10.7 Å². The molecule has 0 aliphatic carbocycles. The molecule has 2 aromatic heterocycles. The van der Waals surface area contributed by atoms with E-state index in [-0.39, 0.29) is 10.7 Å². The van der Waals surface area contributed by atoms with Gasteiger partial charge in [0.25, 0.3) is 5.69 Å². The van der Waals surface area contributed by atoms with Crippen molar-refractivity contribution in [1.82, 2.24) is 0 Å². The molecule has 0 aliphatic heterocycles. The van der Waals surface area contributed by atoms with Gasteiger partial charge in [-0.2, -0.15) is 0 Å². The average molecular weight is 256 g/mol. The maximum Gasteiger partial charge on any atom is 0.331 e. The van der Waals surface area contributed by atoms with Crippen LogP contribution in [0.2, 0.25) is 0 Å². The molecule has 16 heavy (non-hydrogen) atoms. The van der Waals surface area contributed by atoms with E-state index in [9.17, 15) is 20.2 Å². The Bertz CT molecular complexity index is 546. The summed E-state index contributed by atoms with van der Waals surface area (Å²) in [5.74, 6) is 0. The van der Waals surface area contributed by atoms with E-state index >= 15 is 0 Å². The second-order valence-corrected chi connectivity index (χ2v) is 4.77. The first-order valence-corrected chi connectivity index (χ1v) is 5.75. The Morgan fingerprint density at radius 1 is 1.19 bits per heavy atom. The predicted octanol–water partition coefficient (Wildman–Crippen LogP) is 3.29. The molecule has 0 saturated heterocycles. The van der Waals surface area contributed by atoms with Gasteiger partial charge in [-0.15, -0.1) is 11.3 Å². The fourth-order valence-corrected chi connectivity index (χ4v) is 2.98. The van der Waals surface area contributed by atoms with Crippen molar-refractivity contribution in [3.8, 4) is 9.75 Å². The normalized spacial score (nSPS) is 10.2. The molecule has 0 aromatic carbocycles. The molecule has 2 rings (SSSR count). The molecule has 0 amide bonds. The average Bonchev–Trinajstić information content (AvgIpc) is 2.86. The van der Waals surface area contributed by atoms with Gasteiger partial charge in [-0.05, 0) is 11.4 Å².